The van der Waals surface area contributed by atoms with Gasteiger partial charge in [-0.05, 0) is 48.7 Å². The second-order valence-corrected chi connectivity index (χ2v) is 7.29. The van der Waals surface area contributed by atoms with Crippen LogP contribution in [0.5, 0.6) is 11.5 Å². The number of nitrogens with one attached hydrogen (secondary N) is 2. The van der Waals surface area contributed by atoms with E-state index in [0.717, 1.165) is 31.2 Å². The van der Waals surface area contributed by atoms with Gasteiger partial charge in [-0.15, -0.1) is 0 Å². The second kappa shape index (κ2) is 10.5. The van der Waals surface area contributed by atoms with Gasteiger partial charge in [-0.3, -0.25) is 9.59 Å². The molecule has 158 valence electrons. The summed E-state index contributed by atoms with van der Waals surface area (Å²) in [6.07, 6.45) is 8.64. The molecule has 2 aromatic rings. The molecule has 1 saturated carbocycles. The summed E-state index contributed by atoms with van der Waals surface area (Å²) in [5, 5.41) is 5.90. The van der Waals surface area contributed by atoms with Gasteiger partial charge in [-0.25, -0.2) is 0 Å². The van der Waals surface area contributed by atoms with Crippen LogP contribution in [-0.2, 0) is 4.79 Å². The first-order chi connectivity index (χ1) is 14.6. The number of methoxy groups -OCH3 is 2. The minimum absolute atomic E-state index is 0.151. The van der Waals surface area contributed by atoms with Gasteiger partial charge in [0.15, 0.2) is 11.5 Å². The molecule has 0 radical (unpaired) electrons. The summed E-state index contributed by atoms with van der Waals surface area (Å²) in [7, 11) is 3.13. The molecule has 0 heterocycles. The SMILES string of the molecule is COc1ccc(C=CC(=O)Nc2ccccc2C(=O)NC2CCCCC2)cc1OC. The Labute approximate surface area is 177 Å². The summed E-state index contributed by atoms with van der Waals surface area (Å²) in [5.74, 6) is 0.742. The molecule has 1 fully saturated rings. The molecule has 6 nitrogen and oxygen atoms in total. The second-order valence-electron chi connectivity index (χ2n) is 7.29. The molecule has 2 amide bonds. The lowest BCUT2D eigenvalue weighted by atomic mass is 9.95. The predicted molar refractivity (Wildman–Crippen MR) is 118 cm³/mol. The van der Waals surface area contributed by atoms with Crippen molar-refractivity contribution in [2.75, 3.05) is 19.5 Å². The highest BCUT2D eigenvalue weighted by atomic mass is 16.5. The van der Waals surface area contributed by atoms with Gasteiger partial charge in [0.2, 0.25) is 5.91 Å². The molecular weight excluding hydrogens is 380 g/mol. The zero-order valence-electron chi connectivity index (χ0n) is 17.4. The smallest absolute Gasteiger partial charge is 0.253 e. The van der Waals surface area contributed by atoms with Gasteiger partial charge in [0.25, 0.3) is 5.91 Å². The Morgan fingerprint density at radius 2 is 1.70 bits per heavy atom. The number of amides is 2. The van der Waals surface area contributed by atoms with Crippen LogP contribution in [0, 0.1) is 0 Å². The number of hydrogen-bond acceptors (Lipinski definition) is 4. The molecular formula is C24H28N2O4. The molecule has 0 aromatic heterocycles. The molecule has 0 bridgehead atoms. The fourth-order valence-electron chi connectivity index (χ4n) is 3.60. The van der Waals surface area contributed by atoms with E-state index in [9.17, 15) is 9.59 Å². The monoisotopic (exact) mass is 408 g/mol. The van der Waals surface area contributed by atoms with E-state index in [-0.39, 0.29) is 17.9 Å². The summed E-state index contributed by atoms with van der Waals surface area (Å²) in [6.45, 7) is 0. The van der Waals surface area contributed by atoms with E-state index in [4.69, 9.17) is 9.47 Å². The van der Waals surface area contributed by atoms with E-state index < -0.39 is 0 Å². The van der Waals surface area contributed by atoms with Crippen LogP contribution in [-0.4, -0.2) is 32.1 Å². The first-order valence-electron chi connectivity index (χ1n) is 10.2. The lowest BCUT2D eigenvalue weighted by Gasteiger charge is -2.23. The first kappa shape index (κ1) is 21.4. The fraction of sp³-hybridized carbons (Fsp3) is 0.333. The first-order valence-corrected chi connectivity index (χ1v) is 10.2. The van der Waals surface area contributed by atoms with Crippen molar-refractivity contribution in [1.29, 1.82) is 0 Å². The van der Waals surface area contributed by atoms with Crippen LogP contribution in [0.4, 0.5) is 5.69 Å². The Morgan fingerprint density at radius 3 is 2.43 bits per heavy atom. The molecule has 0 unspecified atom stereocenters. The summed E-state index contributed by atoms with van der Waals surface area (Å²) >= 11 is 0. The van der Waals surface area contributed by atoms with Crippen molar-refractivity contribution in [2.24, 2.45) is 0 Å². The molecule has 0 spiro atoms. The van der Waals surface area contributed by atoms with Crippen molar-refractivity contribution in [2.45, 2.75) is 38.1 Å². The zero-order chi connectivity index (χ0) is 21.3. The van der Waals surface area contributed by atoms with E-state index in [0.29, 0.717) is 22.7 Å². The predicted octanol–water partition coefficient (Wildman–Crippen LogP) is 4.42. The number of anilines is 1. The number of hydrogen-bond donors (Lipinski definition) is 2. The number of para-hydroxylation sites is 1. The Bertz CT molecular complexity index is 917. The number of ether oxygens (including phenoxy) is 2. The zero-order valence-corrected chi connectivity index (χ0v) is 17.4. The highest BCUT2D eigenvalue weighted by molar-refractivity contribution is 6.07. The standard InChI is InChI=1S/C24H28N2O4/c1-29-21-14-12-17(16-22(21)30-2)13-15-23(27)26-20-11-7-6-10-19(20)24(28)25-18-8-4-3-5-9-18/h6-7,10-16,18H,3-5,8-9H2,1-2H3,(H,25,28)(H,26,27). The molecule has 0 saturated heterocycles. The van der Waals surface area contributed by atoms with Crippen LogP contribution in [0.25, 0.3) is 6.08 Å². The van der Waals surface area contributed by atoms with Gasteiger partial charge in [0.1, 0.15) is 0 Å². The van der Waals surface area contributed by atoms with Crippen LogP contribution < -0.4 is 20.1 Å². The molecule has 1 aliphatic carbocycles. The molecule has 6 heteroatoms. The normalized spacial score (nSPS) is 14.3. The van der Waals surface area contributed by atoms with E-state index in [1.54, 1.807) is 56.7 Å². The lowest BCUT2D eigenvalue weighted by Crippen LogP contribution is -2.36. The topological polar surface area (TPSA) is 76.7 Å². The van der Waals surface area contributed by atoms with Gasteiger partial charge < -0.3 is 20.1 Å². The third kappa shape index (κ3) is 5.63. The van der Waals surface area contributed by atoms with Crippen molar-refractivity contribution in [3.63, 3.8) is 0 Å². The largest absolute Gasteiger partial charge is 0.493 e. The van der Waals surface area contributed by atoms with Crippen LogP contribution >= 0.6 is 0 Å². The van der Waals surface area contributed by atoms with Crippen molar-refractivity contribution < 1.29 is 19.1 Å². The van der Waals surface area contributed by atoms with Gasteiger partial charge in [0.05, 0.1) is 25.5 Å². The van der Waals surface area contributed by atoms with Crippen LogP contribution in [0.3, 0.4) is 0 Å². The maximum Gasteiger partial charge on any atom is 0.253 e. The Kier molecular flexibility index (Phi) is 7.49. The molecule has 0 aliphatic heterocycles. The van der Waals surface area contributed by atoms with Crippen LogP contribution in [0.2, 0.25) is 0 Å². The average molecular weight is 408 g/mol. The third-order valence-electron chi connectivity index (χ3n) is 5.20. The van der Waals surface area contributed by atoms with Crippen molar-refractivity contribution in [3.05, 3.63) is 59.7 Å². The number of carbonyl (C=O) groups is 2. The van der Waals surface area contributed by atoms with Gasteiger partial charge in [-0.2, -0.15) is 0 Å². The average Bonchev–Trinajstić information content (AvgIpc) is 2.78. The Hall–Kier alpha value is -3.28. The third-order valence-corrected chi connectivity index (χ3v) is 5.20. The highest BCUT2D eigenvalue weighted by Gasteiger charge is 2.18. The molecule has 1 aliphatic rings. The van der Waals surface area contributed by atoms with E-state index in [1.165, 1.54) is 12.5 Å². The van der Waals surface area contributed by atoms with Crippen molar-refractivity contribution >= 4 is 23.6 Å². The summed E-state index contributed by atoms with van der Waals surface area (Å²) in [5.41, 5.74) is 1.76. The molecule has 3 rings (SSSR count). The Balaban J connectivity index is 1.66. The van der Waals surface area contributed by atoms with Crippen LogP contribution in [0.1, 0.15) is 48.0 Å². The van der Waals surface area contributed by atoms with E-state index in [1.807, 2.05) is 6.07 Å². The fourth-order valence-corrected chi connectivity index (χ4v) is 3.60. The van der Waals surface area contributed by atoms with Crippen LogP contribution in [0.15, 0.2) is 48.5 Å². The summed E-state index contributed by atoms with van der Waals surface area (Å²) in [4.78, 5) is 25.2. The minimum Gasteiger partial charge on any atom is -0.493 e. The number of carbonyl (C=O) groups excluding carboxylic acids is 2. The number of rotatable bonds is 7. The van der Waals surface area contributed by atoms with Crippen molar-refractivity contribution in [1.82, 2.24) is 5.32 Å². The van der Waals surface area contributed by atoms with E-state index >= 15 is 0 Å². The maximum atomic E-state index is 12.7. The van der Waals surface area contributed by atoms with Gasteiger partial charge in [0, 0.05) is 12.1 Å². The van der Waals surface area contributed by atoms with Gasteiger partial charge >= 0.3 is 0 Å². The van der Waals surface area contributed by atoms with E-state index in [2.05, 4.69) is 10.6 Å². The number of benzene rings is 2. The highest BCUT2D eigenvalue weighted by Crippen LogP contribution is 2.28. The summed E-state index contributed by atoms with van der Waals surface area (Å²) in [6, 6.07) is 12.7. The summed E-state index contributed by atoms with van der Waals surface area (Å²) < 4.78 is 10.5. The molecule has 2 aromatic carbocycles. The maximum absolute atomic E-state index is 12.7. The molecule has 30 heavy (non-hydrogen) atoms. The van der Waals surface area contributed by atoms with Gasteiger partial charge in [-0.1, -0.05) is 37.5 Å². The minimum atomic E-state index is -0.317. The van der Waals surface area contributed by atoms with Crippen molar-refractivity contribution in [3.8, 4) is 11.5 Å². The lowest BCUT2D eigenvalue weighted by molar-refractivity contribution is -0.111. The molecule has 0 atom stereocenters. The quantitative estimate of drug-likeness (QED) is 0.665. The molecule has 2 N–H and O–H groups in total. The Morgan fingerprint density at radius 1 is 0.967 bits per heavy atom.